The molecule has 3 aromatic heterocycles. The van der Waals surface area contributed by atoms with Gasteiger partial charge in [-0.25, -0.2) is 9.97 Å². The van der Waals surface area contributed by atoms with Crippen molar-refractivity contribution in [3.05, 3.63) is 212 Å². The summed E-state index contributed by atoms with van der Waals surface area (Å²) in [6.07, 6.45) is 11.5. The Bertz CT molecular complexity index is 3880. The van der Waals surface area contributed by atoms with E-state index in [9.17, 15) is 0 Å². The molecule has 12 aromatic rings. The Labute approximate surface area is 351 Å². The monoisotopic (exact) mass is 776 g/mol. The number of nitrogens with zero attached hydrogens (tertiary/aromatic N) is 4. The molecular formula is C57H36N4. The summed E-state index contributed by atoms with van der Waals surface area (Å²) < 4.78 is 4.97. The molecule has 0 aliphatic heterocycles. The highest BCUT2D eigenvalue weighted by Crippen LogP contribution is 2.50. The van der Waals surface area contributed by atoms with E-state index >= 15 is 0 Å². The molecule has 1 aliphatic rings. The average molecular weight is 777 g/mol. The van der Waals surface area contributed by atoms with Gasteiger partial charge < -0.3 is 9.13 Å². The smallest absolute Gasteiger partial charge is 0.160 e. The van der Waals surface area contributed by atoms with Crippen LogP contribution in [0.2, 0.25) is 0 Å². The summed E-state index contributed by atoms with van der Waals surface area (Å²) in [7, 11) is 0. The number of para-hydroxylation sites is 4. The Morgan fingerprint density at radius 3 is 1.56 bits per heavy atom. The van der Waals surface area contributed by atoms with Gasteiger partial charge in [-0.2, -0.15) is 0 Å². The van der Waals surface area contributed by atoms with E-state index in [2.05, 4.69) is 215 Å². The molecule has 9 aromatic carbocycles. The quantitative estimate of drug-likeness (QED) is 0.167. The van der Waals surface area contributed by atoms with Gasteiger partial charge in [0.25, 0.3) is 0 Å². The van der Waals surface area contributed by atoms with Crippen molar-refractivity contribution in [2.75, 3.05) is 0 Å². The summed E-state index contributed by atoms with van der Waals surface area (Å²) in [5.41, 5.74) is 11.0. The second-order valence-corrected chi connectivity index (χ2v) is 16.0. The highest BCUT2D eigenvalue weighted by molar-refractivity contribution is 6.45. The zero-order chi connectivity index (χ0) is 40.0. The van der Waals surface area contributed by atoms with Gasteiger partial charge in [-0.3, -0.25) is 0 Å². The van der Waals surface area contributed by atoms with E-state index in [0.29, 0.717) is 0 Å². The first-order chi connectivity index (χ1) is 30.3. The zero-order valence-corrected chi connectivity index (χ0v) is 33.1. The van der Waals surface area contributed by atoms with Gasteiger partial charge >= 0.3 is 0 Å². The highest BCUT2D eigenvalue weighted by atomic mass is 15.0. The molecular weight excluding hydrogens is 741 g/mol. The Balaban J connectivity index is 1.15. The minimum absolute atomic E-state index is 0.742. The zero-order valence-electron chi connectivity index (χ0n) is 33.1. The van der Waals surface area contributed by atoms with Crippen LogP contribution in [0.1, 0.15) is 12.2 Å². The van der Waals surface area contributed by atoms with Crippen molar-refractivity contribution >= 4 is 92.4 Å². The Morgan fingerprint density at radius 2 is 0.918 bits per heavy atom. The summed E-state index contributed by atoms with van der Waals surface area (Å²) >= 11 is 0. The minimum atomic E-state index is 0.742. The molecule has 0 saturated carbocycles. The normalized spacial score (nSPS) is 13.1. The van der Waals surface area contributed by atoms with Crippen molar-refractivity contribution in [1.82, 2.24) is 19.1 Å². The molecule has 0 bridgehead atoms. The Kier molecular flexibility index (Phi) is 7.33. The third kappa shape index (κ3) is 4.93. The Hall–Kier alpha value is -8.08. The lowest BCUT2D eigenvalue weighted by Gasteiger charge is -2.16. The molecule has 0 radical (unpaired) electrons. The summed E-state index contributed by atoms with van der Waals surface area (Å²) in [6.45, 7) is 0. The number of benzene rings is 9. The molecule has 0 saturated heterocycles. The first-order valence-corrected chi connectivity index (χ1v) is 21.0. The maximum Gasteiger partial charge on any atom is 0.160 e. The van der Waals surface area contributed by atoms with E-state index in [1.807, 2.05) is 0 Å². The minimum Gasteiger partial charge on any atom is -0.309 e. The van der Waals surface area contributed by atoms with E-state index < -0.39 is 0 Å². The van der Waals surface area contributed by atoms with Crippen molar-refractivity contribution in [3.8, 4) is 22.6 Å². The number of hydrogen-bond donors (Lipinski definition) is 0. The number of fused-ring (bicyclic) bond motifs is 16. The fraction of sp³-hybridized carbons (Fsp3) is 0.0175. The molecule has 4 heteroatoms. The topological polar surface area (TPSA) is 35.6 Å². The fourth-order valence-electron chi connectivity index (χ4n) is 10.2. The van der Waals surface area contributed by atoms with Gasteiger partial charge in [-0.05, 0) is 65.0 Å². The van der Waals surface area contributed by atoms with E-state index in [0.717, 1.165) is 51.4 Å². The van der Waals surface area contributed by atoms with Crippen LogP contribution in [0.25, 0.3) is 115 Å². The van der Waals surface area contributed by atoms with E-state index in [-0.39, 0.29) is 0 Å². The van der Waals surface area contributed by atoms with Gasteiger partial charge in [0.1, 0.15) is 0 Å². The van der Waals surface area contributed by atoms with Gasteiger partial charge in [0.2, 0.25) is 0 Å². The molecule has 0 amide bonds. The standard InChI is InChI=1S/C57H36N4/c1-2-5-19-37(18-4-1)57-58-47-29-15-12-26-44(47)54(59-57)36-32-34-39(35-33-36)61-49-31-17-14-28-46(49)52-53-50(41-23-9-11-25-43(41)56(52)61)40-22-8-10-24-42(40)55-51(53)45-27-13-16-30-48(45)60(55)38-20-6-3-7-21-38/h1-4,6-35H,5H2. The van der Waals surface area contributed by atoms with Crippen molar-refractivity contribution in [2.45, 2.75) is 6.42 Å². The van der Waals surface area contributed by atoms with E-state index in [1.165, 1.54) is 75.9 Å². The number of allylic oxidation sites excluding steroid dienone is 6. The third-order valence-corrected chi connectivity index (χ3v) is 12.7. The average Bonchev–Trinajstić information content (AvgIpc) is 3.72. The van der Waals surface area contributed by atoms with Crippen LogP contribution in [0, 0.1) is 0 Å². The molecule has 0 spiro atoms. The Morgan fingerprint density at radius 1 is 0.393 bits per heavy atom. The molecule has 284 valence electrons. The lowest BCUT2D eigenvalue weighted by atomic mass is 9.89. The van der Waals surface area contributed by atoms with Gasteiger partial charge in [0.15, 0.2) is 5.82 Å². The second-order valence-electron chi connectivity index (χ2n) is 16.0. The summed E-state index contributed by atoms with van der Waals surface area (Å²) in [5.74, 6) is 0.742. The maximum atomic E-state index is 5.24. The van der Waals surface area contributed by atoms with Crippen molar-refractivity contribution in [3.63, 3.8) is 0 Å². The molecule has 0 fully saturated rings. The lowest BCUT2D eigenvalue weighted by molar-refractivity contribution is 1.16. The van der Waals surface area contributed by atoms with Crippen LogP contribution in [0.15, 0.2) is 206 Å². The fourth-order valence-corrected chi connectivity index (χ4v) is 10.2. The summed E-state index contributed by atoms with van der Waals surface area (Å²) in [6, 6.07) is 64.1. The molecule has 3 heterocycles. The predicted molar refractivity (Wildman–Crippen MR) is 257 cm³/mol. The van der Waals surface area contributed by atoms with E-state index in [1.54, 1.807) is 0 Å². The van der Waals surface area contributed by atoms with Crippen molar-refractivity contribution in [2.24, 2.45) is 0 Å². The van der Waals surface area contributed by atoms with Gasteiger partial charge in [0, 0.05) is 65.6 Å². The van der Waals surface area contributed by atoms with Crippen LogP contribution in [-0.4, -0.2) is 19.1 Å². The molecule has 4 nitrogen and oxygen atoms in total. The molecule has 13 rings (SSSR count). The SMILES string of the molecule is C1=CCC=C(c2nc(-c3ccc(-n4c5ccccc5c5c6c(c7ccccc7c7c6c6ccccc6n7-c6ccccc6)c6ccccc6c54)cc3)c3ccccc3n2)C=C1. The van der Waals surface area contributed by atoms with Crippen molar-refractivity contribution in [1.29, 1.82) is 0 Å². The number of hydrogen-bond acceptors (Lipinski definition) is 2. The van der Waals surface area contributed by atoms with E-state index in [4.69, 9.17) is 9.97 Å². The first-order valence-electron chi connectivity index (χ1n) is 21.0. The van der Waals surface area contributed by atoms with Crippen LogP contribution in [0.3, 0.4) is 0 Å². The number of aromatic nitrogens is 4. The van der Waals surface area contributed by atoms with Crippen molar-refractivity contribution < 1.29 is 0 Å². The highest BCUT2D eigenvalue weighted by Gasteiger charge is 2.26. The lowest BCUT2D eigenvalue weighted by Crippen LogP contribution is -1.99. The molecule has 61 heavy (non-hydrogen) atoms. The molecule has 0 unspecified atom stereocenters. The summed E-state index contributed by atoms with van der Waals surface area (Å²) in [4.78, 5) is 10.3. The summed E-state index contributed by atoms with van der Waals surface area (Å²) in [5, 5.41) is 13.6. The van der Waals surface area contributed by atoms with Crippen LogP contribution in [-0.2, 0) is 0 Å². The largest absolute Gasteiger partial charge is 0.309 e. The predicted octanol–water partition coefficient (Wildman–Crippen LogP) is 14.9. The molecule has 0 atom stereocenters. The third-order valence-electron chi connectivity index (χ3n) is 12.7. The second kappa shape index (κ2) is 13.2. The van der Waals surface area contributed by atoms with Gasteiger partial charge in [0.05, 0.1) is 33.3 Å². The molecule has 0 N–H and O–H groups in total. The van der Waals surface area contributed by atoms with Crippen LogP contribution >= 0.6 is 0 Å². The molecule has 1 aliphatic carbocycles. The number of rotatable bonds is 4. The van der Waals surface area contributed by atoms with Crippen LogP contribution in [0.4, 0.5) is 0 Å². The van der Waals surface area contributed by atoms with Gasteiger partial charge in [-0.1, -0.05) is 164 Å². The van der Waals surface area contributed by atoms with Crippen LogP contribution < -0.4 is 0 Å². The first kappa shape index (κ1) is 33.8. The van der Waals surface area contributed by atoms with Crippen LogP contribution in [0.5, 0.6) is 0 Å². The maximum absolute atomic E-state index is 5.24. The van der Waals surface area contributed by atoms with Gasteiger partial charge in [-0.15, -0.1) is 0 Å².